The smallest absolute Gasteiger partial charge is 0.261 e. The molecular weight excluding hydrogens is 366 g/mol. The lowest BCUT2D eigenvalue weighted by molar-refractivity contribution is 0.601. The molecule has 0 radical (unpaired) electrons. The van der Waals surface area contributed by atoms with E-state index in [2.05, 4.69) is 14.3 Å². The van der Waals surface area contributed by atoms with Crippen LogP contribution in [0.3, 0.4) is 0 Å². The van der Waals surface area contributed by atoms with Gasteiger partial charge in [0.15, 0.2) is 5.16 Å². The van der Waals surface area contributed by atoms with Crippen molar-refractivity contribution in [2.75, 3.05) is 10.5 Å². The van der Waals surface area contributed by atoms with E-state index in [1.54, 1.807) is 30.0 Å². The van der Waals surface area contributed by atoms with E-state index in [4.69, 9.17) is 0 Å². The third-order valence-corrected chi connectivity index (χ3v) is 6.72. The fourth-order valence-corrected chi connectivity index (χ4v) is 4.90. The van der Waals surface area contributed by atoms with Crippen LogP contribution in [0.2, 0.25) is 0 Å². The van der Waals surface area contributed by atoms with Gasteiger partial charge in [-0.05, 0) is 36.2 Å². The van der Waals surface area contributed by atoms with E-state index in [0.717, 1.165) is 40.7 Å². The molecule has 0 saturated carbocycles. The largest absolute Gasteiger partial charge is 0.325 e. The number of sulfonamides is 1. The van der Waals surface area contributed by atoms with Crippen molar-refractivity contribution in [2.45, 2.75) is 29.9 Å². The molecule has 1 aliphatic heterocycles. The Labute approximate surface area is 157 Å². The summed E-state index contributed by atoms with van der Waals surface area (Å²) in [5, 5.41) is 1.02. The number of nitrogens with zero attached hydrogens (tertiary/aromatic N) is 2. The molecule has 1 aliphatic rings. The van der Waals surface area contributed by atoms with Crippen molar-refractivity contribution in [3.8, 4) is 11.3 Å². The monoisotopic (exact) mass is 385 g/mol. The number of aryl methyl sites for hydroxylation is 2. The summed E-state index contributed by atoms with van der Waals surface area (Å²) < 4.78 is 30.1. The summed E-state index contributed by atoms with van der Waals surface area (Å²) in [5.41, 5.74) is 3.40. The summed E-state index contributed by atoms with van der Waals surface area (Å²) in [7, 11) is -3.61. The van der Waals surface area contributed by atoms with Gasteiger partial charge >= 0.3 is 0 Å². The van der Waals surface area contributed by atoms with E-state index in [1.165, 1.54) is 0 Å². The van der Waals surface area contributed by atoms with Crippen LogP contribution in [0, 0.1) is 0 Å². The third-order valence-electron chi connectivity index (χ3n) is 4.36. The highest BCUT2D eigenvalue weighted by Crippen LogP contribution is 2.30. The van der Waals surface area contributed by atoms with Crippen LogP contribution in [0.15, 0.2) is 64.8 Å². The van der Waals surface area contributed by atoms with Gasteiger partial charge in [-0.3, -0.25) is 4.72 Å². The Hall–Kier alpha value is -2.25. The summed E-state index contributed by atoms with van der Waals surface area (Å²) in [4.78, 5) is 4.89. The van der Waals surface area contributed by atoms with Crippen LogP contribution in [0.4, 0.5) is 5.69 Å². The van der Waals surface area contributed by atoms with Crippen molar-refractivity contribution in [1.29, 1.82) is 0 Å². The van der Waals surface area contributed by atoms with E-state index in [1.807, 2.05) is 43.5 Å². The molecule has 134 valence electrons. The molecule has 0 saturated heterocycles. The van der Waals surface area contributed by atoms with Gasteiger partial charge in [0.05, 0.1) is 10.6 Å². The molecule has 0 aliphatic carbocycles. The van der Waals surface area contributed by atoms with Crippen molar-refractivity contribution < 1.29 is 8.42 Å². The van der Waals surface area contributed by atoms with Gasteiger partial charge < -0.3 is 4.57 Å². The average Bonchev–Trinajstić information content (AvgIpc) is 3.23. The number of rotatable bonds is 5. The van der Waals surface area contributed by atoms with Crippen molar-refractivity contribution in [1.82, 2.24) is 9.55 Å². The van der Waals surface area contributed by atoms with E-state index in [0.29, 0.717) is 5.69 Å². The Morgan fingerprint density at radius 2 is 2.00 bits per heavy atom. The minimum atomic E-state index is -3.61. The molecule has 2 aromatic carbocycles. The standard InChI is InChI=1S/C19H19N3O2S2/c1-2-14-6-8-17(9-7-14)26(23,24)21-16-5-3-4-15(12-16)18-13-22-10-11-25-19(22)20-18/h3-9,12-13,21H,2,10-11H2,1H3. The molecule has 0 fully saturated rings. The highest BCUT2D eigenvalue weighted by atomic mass is 32.2. The molecule has 0 spiro atoms. The maximum Gasteiger partial charge on any atom is 0.261 e. The first kappa shape index (κ1) is 17.2. The number of imidazole rings is 1. The first-order valence-electron chi connectivity index (χ1n) is 8.47. The number of benzene rings is 2. The summed E-state index contributed by atoms with van der Waals surface area (Å²) >= 11 is 1.74. The zero-order valence-corrected chi connectivity index (χ0v) is 16.0. The lowest BCUT2D eigenvalue weighted by Gasteiger charge is -2.09. The molecule has 7 heteroatoms. The first-order valence-corrected chi connectivity index (χ1v) is 10.9. The average molecular weight is 386 g/mol. The van der Waals surface area contributed by atoms with E-state index in [9.17, 15) is 8.42 Å². The summed E-state index contributed by atoms with van der Waals surface area (Å²) in [5.74, 6) is 1.05. The second-order valence-corrected chi connectivity index (χ2v) is 8.88. The number of nitrogens with one attached hydrogen (secondary N) is 1. The third kappa shape index (κ3) is 3.37. The topological polar surface area (TPSA) is 64.0 Å². The van der Waals surface area contributed by atoms with Crippen molar-refractivity contribution in [3.05, 3.63) is 60.3 Å². The van der Waals surface area contributed by atoms with E-state index >= 15 is 0 Å². The molecule has 0 bridgehead atoms. The van der Waals surface area contributed by atoms with Crippen molar-refractivity contribution >= 4 is 27.5 Å². The molecule has 1 N–H and O–H groups in total. The van der Waals surface area contributed by atoms with Gasteiger partial charge in [-0.2, -0.15) is 0 Å². The van der Waals surface area contributed by atoms with Gasteiger partial charge in [-0.1, -0.05) is 43.0 Å². The second-order valence-electron chi connectivity index (χ2n) is 6.13. The van der Waals surface area contributed by atoms with Gasteiger partial charge in [0, 0.05) is 29.7 Å². The highest BCUT2D eigenvalue weighted by Gasteiger charge is 2.17. The zero-order chi connectivity index (χ0) is 18.1. The molecule has 0 atom stereocenters. The molecule has 0 amide bonds. The van der Waals surface area contributed by atoms with Gasteiger partial charge in [0.2, 0.25) is 0 Å². The lowest BCUT2D eigenvalue weighted by atomic mass is 10.1. The van der Waals surface area contributed by atoms with Gasteiger partial charge in [0.25, 0.3) is 10.0 Å². The Morgan fingerprint density at radius 3 is 2.73 bits per heavy atom. The van der Waals surface area contributed by atoms with Gasteiger partial charge in [0.1, 0.15) is 0 Å². The van der Waals surface area contributed by atoms with Crippen LogP contribution < -0.4 is 4.72 Å². The maximum atomic E-state index is 12.6. The highest BCUT2D eigenvalue weighted by molar-refractivity contribution is 7.99. The Morgan fingerprint density at radius 1 is 1.19 bits per heavy atom. The summed E-state index contributed by atoms with van der Waals surface area (Å²) in [6.45, 7) is 3.00. The quantitative estimate of drug-likeness (QED) is 0.720. The molecule has 2 heterocycles. The van der Waals surface area contributed by atoms with Crippen LogP contribution in [0.5, 0.6) is 0 Å². The number of hydrogen-bond donors (Lipinski definition) is 1. The van der Waals surface area contributed by atoms with Gasteiger partial charge in [-0.15, -0.1) is 0 Å². The van der Waals surface area contributed by atoms with Crippen LogP contribution in [-0.4, -0.2) is 23.7 Å². The van der Waals surface area contributed by atoms with E-state index < -0.39 is 10.0 Å². The molecule has 3 aromatic rings. The maximum absolute atomic E-state index is 12.6. The Kier molecular flexibility index (Phi) is 4.50. The minimum absolute atomic E-state index is 0.262. The minimum Gasteiger partial charge on any atom is -0.325 e. The molecule has 1 aromatic heterocycles. The second kappa shape index (κ2) is 6.81. The Balaban J connectivity index is 1.59. The number of aromatic nitrogens is 2. The molecule has 0 unspecified atom stereocenters. The number of thioether (sulfide) groups is 1. The fourth-order valence-electron chi connectivity index (χ4n) is 2.91. The summed E-state index contributed by atoms with van der Waals surface area (Å²) in [6, 6.07) is 14.3. The molecular formula is C19H19N3O2S2. The Bertz CT molecular complexity index is 1020. The number of fused-ring (bicyclic) bond motifs is 1. The SMILES string of the molecule is CCc1ccc(S(=O)(=O)Nc2cccc(-c3cn4c(n3)SCC4)c2)cc1. The van der Waals surface area contributed by atoms with Crippen LogP contribution in [0.25, 0.3) is 11.3 Å². The van der Waals surface area contributed by atoms with E-state index in [-0.39, 0.29) is 4.90 Å². The normalized spacial score (nSPS) is 13.6. The molecule has 5 nitrogen and oxygen atoms in total. The molecule has 4 rings (SSSR count). The fraction of sp³-hybridized carbons (Fsp3) is 0.211. The van der Waals surface area contributed by atoms with Gasteiger partial charge in [-0.25, -0.2) is 13.4 Å². The number of hydrogen-bond acceptors (Lipinski definition) is 4. The van der Waals surface area contributed by atoms with Crippen molar-refractivity contribution in [3.63, 3.8) is 0 Å². The predicted octanol–water partition coefficient (Wildman–Crippen LogP) is 4.02. The first-order chi connectivity index (χ1) is 12.5. The number of anilines is 1. The van der Waals surface area contributed by atoms with Crippen LogP contribution in [-0.2, 0) is 23.0 Å². The molecule has 26 heavy (non-hydrogen) atoms. The summed E-state index contributed by atoms with van der Waals surface area (Å²) in [6.07, 6.45) is 2.90. The van der Waals surface area contributed by atoms with Crippen LogP contribution >= 0.6 is 11.8 Å². The zero-order valence-electron chi connectivity index (χ0n) is 14.3. The lowest BCUT2D eigenvalue weighted by Crippen LogP contribution is -2.12. The van der Waals surface area contributed by atoms with Crippen molar-refractivity contribution in [2.24, 2.45) is 0 Å². The predicted molar refractivity (Wildman–Crippen MR) is 105 cm³/mol. The van der Waals surface area contributed by atoms with Crippen LogP contribution in [0.1, 0.15) is 12.5 Å².